The van der Waals surface area contributed by atoms with Crippen LogP contribution >= 0.6 is 58.5 Å². The van der Waals surface area contributed by atoms with Crippen LogP contribution in [0.5, 0.6) is 0 Å². The molecule has 1 aromatic carbocycles. The van der Waals surface area contributed by atoms with Gasteiger partial charge in [-0.25, -0.2) is 0 Å². The van der Waals surface area contributed by atoms with Crippen LogP contribution in [-0.4, -0.2) is 35.4 Å². The number of thiophene rings is 1. The summed E-state index contributed by atoms with van der Waals surface area (Å²) in [6.07, 6.45) is 2.64. The van der Waals surface area contributed by atoms with E-state index < -0.39 is 0 Å². The molecule has 1 aromatic heterocycles. The first kappa shape index (κ1) is 19.9. The standard InChI is InChI=1S/C18H15Cl2NO2S3/c1-23-6-2-5-21-17(22)16(26-18(21)24)9-13-7-11(10-25-13)14-4-3-12(19)8-15(14)20/h3-4,7-10H,2,5-6H2,1H3. The van der Waals surface area contributed by atoms with Crippen LogP contribution in [0.15, 0.2) is 34.6 Å². The number of benzene rings is 1. The average Bonchev–Trinajstić information content (AvgIpc) is 3.15. The van der Waals surface area contributed by atoms with E-state index in [9.17, 15) is 4.79 Å². The zero-order valence-corrected chi connectivity index (χ0v) is 17.8. The van der Waals surface area contributed by atoms with Gasteiger partial charge in [0.15, 0.2) is 0 Å². The van der Waals surface area contributed by atoms with Gasteiger partial charge in [0.2, 0.25) is 0 Å². The van der Waals surface area contributed by atoms with Crippen molar-refractivity contribution in [2.75, 3.05) is 20.3 Å². The topological polar surface area (TPSA) is 29.5 Å². The van der Waals surface area contributed by atoms with Gasteiger partial charge in [0, 0.05) is 40.7 Å². The van der Waals surface area contributed by atoms with Gasteiger partial charge in [-0.2, -0.15) is 0 Å². The molecule has 1 saturated heterocycles. The lowest BCUT2D eigenvalue weighted by Gasteiger charge is -2.13. The minimum atomic E-state index is -0.0458. The van der Waals surface area contributed by atoms with E-state index in [1.165, 1.54) is 11.8 Å². The highest BCUT2D eigenvalue weighted by Gasteiger charge is 2.31. The van der Waals surface area contributed by atoms with Crippen LogP contribution in [0.3, 0.4) is 0 Å². The summed E-state index contributed by atoms with van der Waals surface area (Å²) in [7, 11) is 1.64. The van der Waals surface area contributed by atoms with E-state index in [4.69, 9.17) is 40.2 Å². The molecule has 0 aliphatic carbocycles. The lowest BCUT2D eigenvalue weighted by Crippen LogP contribution is -2.29. The predicted molar refractivity (Wildman–Crippen MR) is 116 cm³/mol. The van der Waals surface area contributed by atoms with E-state index in [1.54, 1.807) is 29.4 Å². The van der Waals surface area contributed by atoms with Gasteiger partial charge in [-0.3, -0.25) is 9.69 Å². The zero-order chi connectivity index (χ0) is 18.7. The summed E-state index contributed by atoms with van der Waals surface area (Å²) in [5.41, 5.74) is 1.91. The molecule has 1 amide bonds. The second-order valence-corrected chi connectivity index (χ2v) is 9.00. The van der Waals surface area contributed by atoms with E-state index in [1.807, 2.05) is 29.7 Å². The third-order valence-electron chi connectivity index (χ3n) is 3.74. The number of rotatable bonds is 6. The Bertz CT molecular complexity index is 879. The summed E-state index contributed by atoms with van der Waals surface area (Å²) >= 11 is 20.5. The average molecular weight is 444 g/mol. The van der Waals surface area contributed by atoms with Crippen molar-refractivity contribution in [1.29, 1.82) is 0 Å². The molecule has 1 aliphatic rings. The fraction of sp³-hybridized carbons (Fsp3) is 0.222. The normalized spacial score (nSPS) is 16.1. The Labute approximate surface area is 175 Å². The molecule has 2 heterocycles. The number of hydrogen-bond donors (Lipinski definition) is 0. The number of halogens is 2. The fourth-order valence-electron chi connectivity index (χ4n) is 2.48. The minimum absolute atomic E-state index is 0.0458. The molecule has 0 radical (unpaired) electrons. The minimum Gasteiger partial charge on any atom is -0.385 e. The van der Waals surface area contributed by atoms with Crippen molar-refractivity contribution in [2.45, 2.75) is 6.42 Å². The number of carbonyl (C=O) groups excluding carboxylic acids is 1. The smallest absolute Gasteiger partial charge is 0.266 e. The Morgan fingerprint density at radius 3 is 2.85 bits per heavy atom. The van der Waals surface area contributed by atoms with Gasteiger partial charge in [0.05, 0.1) is 4.91 Å². The van der Waals surface area contributed by atoms with Crippen LogP contribution in [0.1, 0.15) is 11.3 Å². The van der Waals surface area contributed by atoms with Crippen LogP contribution in [0, 0.1) is 0 Å². The van der Waals surface area contributed by atoms with Crippen LogP contribution in [0.2, 0.25) is 10.0 Å². The molecule has 0 N–H and O–H groups in total. The molecule has 1 fully saturated rings. The van der Waals surface area contributed by atoms with Gasteiger partial charge in [-0.1, -0.05) is 53.2 Å². The maximum absolute atomic E-state index is 12.6. The molecule has 3 nitrogen and oxygen atoms in total. The summed E-state index contributed by atoms with van der Waals surface area (Å²) in [5, 5.41) is 3.22. The summed E-state index contributed by atoms with van der Waals surface area (Å²) < 4.78 is 5.63. The van der Waals surface area contributed by atoms with Gasteiger partial charge in [-0.05, 0) is 41.6 Å². The number of amides is 1. The maximum atomic E-state index is 12.6. The highest BCUT2D eigenvalue weighted by Crippen LogP contribution is 2.37. The van der Waals surface area contributed by atoms with E-state index in [-0.39, 0.29) is 5.91 Å². The largest absolute Gasteiger partial charge is 0.385 e. The van der Waals surface area contributed by atoms with E-state index in [2.05, 4.69) is 0 Å². The molecule has 0 unspecified atom stereocenters. The molecule has 8 heteroatoms. The van der Waals surface area contributed by atoms with Crippen molar-refractivity contribution in [2.24, 2.45) is 0 Å². The highest BCUT2D eigenvalue weighted by atomic mass is 35.5. The van der Waals surface area contributed by atoms with Crippen LogP contribution in [0.4, 0.5) is 0 Å². The van der Waals surface area contributed by atoms with Crippen molar-refractivity contribution in [3.05, 3.63) is 49.5 Å². The Morgan fingerprint density at radius 2 is 2.12 bits per heavy atom. The van der Waals surface area contributed by atoms with Crippen molar-refractivity contribution >= 4 is 74.8 Å². The van der Waals surface area contributed by atoms with Gasteiger partial charge in [0.25, 0.3) is 5.91 Å². The third-order valence-corrected chi connectivity index (χ3v) is 6.54. The van der Waals surface area contributed by atoms with Crippen LogP contribution in [0.25, 0.3) is 17.2 Å². The third kappa shape index (κ3) is 4.50. The Kier molecular flexibility index (Phi) is 6.77. The number of thioether (sulfide) groups is 1. The second kappa shape index (κ2) is 8.87. The number of thiocarbonyl (C=S) groups is 1. The number of carbonyl (C=O) groups is 1. The number of ether oxygens (including phenoxy) is 1. The van der Waals surface area contributed by atoms with E-state index in [0.717, 1.165) is 22.4 Å². The van der Waals surface area contributed by atoms with Crippen LogP contribution in [-0.2, 0) is 9.53 Å². The number of methoxy groups -OCH3 is 1. The Balaban J connectivity index is 1.78. The lowest BCUT2D eigenvalue weighted by atomic mass is 10.1. The molecule has 136 valence electrons. The van der Waals surface area contributed by atoms with Crippen molar-refractivity contribution in [3.8, 4) is 11.1 Å². The number of hydrogen-bond acceptors (Lipinski definition) is 5. The monoisotopic (exact) mass is 443 g/mol. The highest BCUT2D eigenvalue weighted by molar-refractivity contribution is 8.26. The van der Waals surface area contributed by atoms with Gasteiger partial charge >= 0.3 is 0 Å². The van der Waals surface area contributed by atoms with E-state index in [0.29, 0.717) is 32.4 Å². The SMILES string of the molecule is COCCCN1C(=O)C(=Cc2cc(-c3ccc(Cl)cc3Cl)cs2)SC1=S. The van der Waals surface area contributed by atoms with Crippen LogP contribution < -0.4 is 0 Å². The molecule has 1 aliphatic heterocycles. The molecular formula is C18H15Cl2NO2S3. The first-order valence-corrected chi connectivity index (χ1v) is 10.6. The maximum Gasteiger partial charge on any atom is 0.266 e. The molecular weight excluding hydrogens is 429 g/mol. The molecule has 0 saturated carbocycles. The van der Waals surface area contributed by atoms with Crippen molar-refractivity contribution < 1.29 is 9.53 Å². The fourth-order valence-corrected chi connectivity index (χ4v) is 5.21. The molecule has 0 atom stereocenters. The quantitative estimate of drug-likeness (QED) is 0.312. The summed E-state index contributed by atoms with van der Waals surface area (Å²) in [5.74, 6) is -0.0458. The molecule has 0 bridgehead atoms. The van der Waals surface area contributed by atoms with Crippen molar-refractivity contribution in [1.82, 2.24) is 4.90 Å². The summed E-state index contributed by atoms with van der Waals surface area (Å²) in [6, 6.07) is 7.44. The van der Waals surface area contributed by atoms with Gasteiger partial charge in [0.1, 0.15) is 4.32 Å². The van der Waals surface area contributed by atoms with E-state index >= 15 is 0 Å². The lowest BCUT2D eigenvalue weighted by molar-refractivity contribution is -0.122. The molecule has 26 heavy (non-hydrogen) atoms. The zero-order valence-electron chi connectivity index (χ0n) is 13.8. The first-order chi connectivity index (χ1) is 12.5. The van der Waals surface area contributed by atoms with Crippen molar-refractivity contribution in [3.63, 3.8) is 0 Å². The summed E-state index contributed by atoms with van der Waals surface area (Å²) in [4.78, 5) is 15.8. The summed E-state index contributed by atoms with van der Waals surface area (Å²) in [6.45, 7) is 1.18. The molecule has 0 spiro atoms. The van der Waals surface area contributed by atoms with Gasteiger partial charge in [-0.15, -0.1) is 11.3 Å². The number of nitrogens with zero attached hydrogens (tertiary/aromatic N) is 1. The molecule has 3 rings (SSSR count). The molecule has 2 aromatic rings. The first-order valence-electron chi connectivity index (χ1n) is 7.78. The Hall–Kier alpha value is -0.890. The predicted octanol–water partition coefficient (Wildman–Crippen LogP) is 5.96. The Morgan fingerprint density at radius 1 is 1.31 bits per heavy atom. The van der Waals surface area contributed by atoms with Gasteiger partial charge < -0.3 is 4.74 Å². The second-order valence-electron chi connectivity index (χ2n) is 5.54.